The van der Waals surface area contributed by atoms with Crippen LogP contribution in [0.25, 0.3) is 0 Å². The predicted octanol–water partition coefficient (Wildman–Crippen LogP) is 3.88. The molecule has 0 aromatic heterocycles. The SMILES string of the molecule is NC(=O)Cc1ccc(NC(=O)CC(c2ccccc2)c2ccccc2)cc1. The van der Waals surface area contributed by atoms with Crippen LogP contribution in [-0.2, 0) is 16.0 Å². The number of hydrogen-bond acceptors (Lipinski definition) is 2. The zero-order valence-corrected chi connectivity index (χ0v) is 15.0. The molecule has 0 unspecified atom stereocenters. The van der Waals surface area contributed by atoms with Gasteiger partial charge in [-0.05, 0) is 28.8 Å². The van der Waals surface area contributed by atoms with Gasteiger partial charge < -0.3 is 11.1 Å². The van der Waals surface area contributed by atoms with Gasteiger partial charge in [-0.25, -0.2) is 0 Å². The Morgan fingerprint density at radius 1 is 0.778 bits per heavy atom. The molecule has 3 aromatic carbocycles. The molecule has 4 nitrogen and oxygen atoms in total. The lowest BCUT2D eigenvalue weighted by molar-refractivity contribution is -0.117. The van der Waals surface area contributed by atoms with Crippen molar-refractivity contribution in [2.24, 2.45) is 5.73 Å². The number of amides is 2. The average molecular weight is 358 g/mol. The lowest BCUT2D eigenvalue weighted by Crippen LogP contribution is -2.17. The number of nitrogens with two attached hydrogens (primary N) is 1. The van der Waals surface area contributed by atoms with Gasteiger partial charge in [0.2, 0.25) is 11.8 Å². The van der Waals surface area contributed by atoms with Gasteiger partial charge in [0, 0.05) is 18.0 Å². The van der Waals surface area contributed by atoms with Crippen molar-refractivity contribution in [3.8, 4) is 0 Å². The number of hydrogen-bond donors (Lipinski definition) is 2. The molecule has 136 valence electrons. The average Bonchev–Trinajstić information content (AvgIpc) is 2.69. The Labute approximate surface area is 159 Å². The van der Waals surface area contributed by atoms with Crippen LogP contribution < -0.4 is 11.1 Å². The zero-order chi connectivity index (χ0) is 19.1. The largest absolute Gasteiger partial charge is 0.369 e. The molecule has 0 aliphatic rings. The normalized spacial score (nSPS) is 10.6. The summed E-state index contributed by atoms with van der Waals surface area (Å²) in [6.07, 6.45) is 0.537. The van der Waals surface area contributed by atoms with Gasteiger partial charge in [-0.15, -0.1) is 0 Å². The third-order valence-electron chi connectivity index (χ3n) is 4.41. The fourth-order valence-corrected chi connectivity index (χ4v) is 3.10. The molecule has 0 atom stereocenters. The summed E-state index contributed by atoms with van der Waals surface area (Å²) in [6.45, 7) is 0. The maximum atomic E-state index is 12.6. The highest BCUT2D eigenvalue weighted by Crippen LogP contribution is 2.28. The van der Waals surface area contributed by atoms with E-state index in [9.17, 15) is 9.59 Å². The zero-order valence-electron chi connectivity index (χ0n) is 15.0. The molecule has 0 heterocycles. The van der Waals surface area contributed by atoms with E-state index in [4.69, 9.17) is 5.73 Å². The summed E-state index contributed by atoms with van der Waals surface area (Å²) < 4.78 is 0. The van der Waals surface area contributed by atoms with Crippen LogP contribution in [-0.4, -0.2) is 11.8 Å². The summed E-state index contributed by atoms with van der Waals surface area (Å²) in [4.78, 5) is 23.6. The highest BCUT2D eigenvalue weighted by molar-refractivity contribution is 5.91. The van der Waals surface area contributed by atoms with E-state index in [1.807, 2.05) is 60.7 Å². The molecule has 3 aromatic rings. The van der Waals surface area contributed by atoms with E-state index in [1.165, 1.54) is 0 Å². The van der Waals surface area contributed by atoms with E-state index in [2.05, 4.69) is 5.32 Å². The second kappa shape index (κ2) is 8.81. The van der Waals surface area contributed by atoms with E-state index in [0.717, 1.165) is 16.7 Å². The van der Waals surface area contributed by atoms with Crippen LogP contribution in [0, 0.1) is 0 Å². The van der Waals surface area contributed by atoms with E-state index >= 15 is 0 Å². The first-order valence-corrected chi connectivity index (χ1v) is 8.89. The monoisotopic (exact) mass is 358 g/mol. The first kappa shape index (κ1) is 18.4. The minimum atomic E-state index is -0.375. The fraction of sp³-hybridized carbons (Fsp3) is 0.130. The standard InChI is InChI=1S/C23H22N2O2/c24-22(26)15-17-11-13-20(14-12-17)25-23(27)16-21(18-7-3-1-4-8-18)19-9-5-2-6-10-19/h1-14,21H,15-16H2,(H2,24,26)(H,25,27). The van der Waals surface area contributed by atoms with Crippen molar-refractivity contribution in [1.29, 1.82) is 0 Å². The van der Waals surface area contributed by atoms with E-state index in [1.54, 1.807) is 24.3 Å². The molecule has 3 N–H and O–H groups in total. The second-order valence-corrected chi connectivity index (χ2v) is 6.47. The van der Waals surface area contributed by atoms with Crippen molar-refractivity contribution in [2.45, 2.75) is 18.8 Å². The molecule has 2 amide bonds. The molecule has 0 bridgehead atoms. The van der Waals surface area contributed by atoms with Crippen molar-refractivity contribution >= 4 is 17.5 Å². The van der Waals surface area contributed by atoms with Crippen LogP contribution in [0.15, 0.2) is 84.9 Å². The molecule has 0 fully saturated rings. The molecule has 0 saturated carbocycles. The molecular weight excluding hydrogens is 336 g/mol. The van der Waals surface area contributed by atoms with Gasteiger partial charge in [0.25, 0.3) is 0 Å². The summed E-state index contributed by atoms with van der Waals surface area (Å²) >= 11 is 0. The third-order valence-corrected chi connectivity index (χ3v) is 4.41. The van der Waals surface area contributed by atoms with Gasteiger partial charge in [0.05, 0.1) is 6.42 Å². The minimum Gasteiger partial charge on any atom is -0.369 e. The predicted molar refractivity (Wildman–Crippen MR) is 107 cm³/mol. The maximum Gasteiger partial charge on any atom is 0.225 e. The highest BCUT2D eigenvalue weighted by Gasteiger charge is 2.18. The quantitative estimate of drug-likeness (QED) is 0.673. The maximum absolute atomic E-state index is 12.6. The summed E-state index contributed by atoms with van der Waals surface area (Å²) in [5.74, 6) is -0.447. The Bertz CT molecular complexity index is 851. The van der Waals surface area contributed by atoms with Crippen molar-refractivity contribution < 1.29 is 9.59 Å². The lowest BCUT2D eigenvalue weighted by Gasteiger charge is -2.18. The summed E-state index contributed by atoms with van der Waals surface area (Å²) in [5.41, 5.74) is 8.94. The number of rotatable bonds is 7. The first-order chi connectivity index (χ1) is 13.1. The van der Waals surface area contributed by atoms with Crippen molar-refractivity contribution in [3.05, 3.63) is 102 Å². The van der Waals surface area contributed by atoms with E-state index < -0.39 is 0 Å². The smallest absolute Gasteiger partial charge is 0.225 e. The Morgan fingerprint density at radius 2 is 1.30 bits per heavy atom. The third kappa shape index (κ3) is 5.28. The van der Waals surface area contributed by atoms with Gasteiger partial charge in [0.15, 0.2) is 0 Å². The number of benzene rings is 3. The van der Waals surface area contributed by atoms with Gasteiger partial charge in [-0.2, -0.15) is 0 Å². The Hall–Kier alpha value is -3.40. The van der Waals surface area contributed by atoms with Crippen LogP contribution >= 0.6 is 0 Å². The van der Waals surface area contributed by atoms with E-state index in [0.29, 0.717) is 12.1 Å². The van der Waals surface area contributed by atoms with E-state index in [-0.39, 0.29) is 24.2 Å². The summed E-state index contributed by atoms with van der Waals surface area (Å²) in [5, 5.41) is 2.94. The fourth-order valence-electron chi connectivity index (χ4n) is 3.10. The number of carbonyl (C=O) groups is 2. The van der Waals surface area contributed by atoms with Gasteiger partial charge >= 0.3 is 0 Å². The molecule has 0 saturated heterocycles. The van der Waals surface area contributed by atoms with Crippen LogP contribution in [0.1, 0.15) is 29.0 Å². The van der Waals surface area contributed by atoms with Gasteiger partial charge in [-0.3, -0.25) is 9.59 Å². The Morgan fingerprint density at radius 3 is 1.78 bits per heavy atom. The number of primary amides is 1. The number of anilines is 1. The molecule has 0 aliphatic heterocycles. The van der Waals surface area contributed by atoms with Crippen molar-refractivity contribution in [3.63, 3.8) is 0 Å². The van der Waals surface area contributed by atoms with Crippen LogP contribution in [0.4, 0.5) is 5.69 Å². The second-order valence-electron chi connectivity index (χ2n) is 6.47. The summed E-state index contributed by atoms with van der Waals surface area (Å²) in [6, 6.07) is 27.2. The van der Waals surface area contributed by atoms with Crippen LogP contribution in [0.5, 0.6) is 0 Å². The molecule has 27 heavy (non-hydrogen) atoms. The minimum absolute atomic E-state index is 0.0125. The highest BCUT2D eigenvalue weighted by atomic mass is 16.1. The molecule has 0 spiro atoms. The number of carbonyl (C=O) groups excluding carboxylic acids is 2. The molecule has 3 rings (SSSR count). The van der Waals surface area contributed by atoms with Gasteiger partial charge in [-0.1, -0.05) is 72.8 Å². The Balaban J connectivity index is 1.72. The van der Waals surface area contributed by atoms with Crippen LogP contribution in [0.2, 0.25) is 0 Å². The first-order valence-electron chi connectivity index (χ1n) is 8.89. The molecule has 4 heteroatoms. The van der Waals surface area contributed by atoms with Crippen molar-refractivity contribution in [2.75, 3.05) is 5.32 Å². The van der Waals surface area contributed by atoms with Gasteiger partial charge in [0.1, 0.15) is 0 Å². The Kier molecular flexibility index (Phi) is 6.00. The summed E-state index contributed by atoms with van der Waals surface area (Å²) in [7, 11) is 0. The van der Waals surface area contributed by atoms with Crippen molar-refractivity contribution in [1.82, 2.24) is 0 Å². The number of nitrogens with one attached hydrogen (secondary N) is 1. The molecule has 0 aliphatic carbocycles. The van der Waals surface area contributed by atoms with Crippen LogP contribution in [0.3, 0.4) is 0 Å². The topological polar surface area (TPSA) is 72.2 Å². The molecule has 0 radical (unpaired) electrons. The molecular formula is C23H22N2O2. The lowest BCUT2D eigenvalue weighted by atomic mass is 9.88.